The molecule has 1 fully saturated rings. The average molecular weight is 347 g/mol. The van der Waals surface area contributed by atoms with Gasteiger partial charge < -0.3 is 9.63 Å². The van der Waals surface area contributed by atoms with Crippen LogP contribution in [-0.2, 0) is 4.79 Å². The number of aryl methyl sites for hydroxylation is 1. The molecule has 134 valence electrons. The van der Waals surface area contributed by atoms with E-state index in [4.69, 9.17) is 4.52 Å². The number of anilines is 1. The summed E-state index contributed by atoms with van der Waals surface area (Å²) in [6.07, 6.45) is 0.967. The van der Waals surface area contributed by atoms with Crippen molar-refractivity contribution < 1.29 is 18.8 Å². The predicted octanol–water partition coefficient (Wildman–Crippen LogP) is 2.51. The number of aliphatic hydroxyl groups is 1. The van der Waals surface area contributed by atoms with Gasteiger partial charge in [-0.3, -0.25) is 15.0 Å². The Morgan fingerprint density at radius 3 is 2.68 bits per heavy atom. The minimum absolute atomic E-state index is 0.113. The van der Waals surface area contributed by atoms with Gasteiger partial charge >= 0.3 is 0 Å². The number of benzene rings is 1. The van der Waals surface area contributed by atoms with Gasteiger partial charge in [0.15, 0.2) is 0 Å². The van der Waals surface area contributed by atoms with Gasteiger partial charge in [-0.15, -0.1) is 0 Å². The Balaban J connectivity index is 1.46. The summed E-state index contributed by atoms with van der Waals surface area (Å²) in [4.78, 5) is 14.1. The highest BCUT2D eigenvalue weighted by Gasteiger charge is 2.27. The van der Waals surface area contributed by atoms with Crippen LogP contribution in [0, 0.1) is 18.7 Å². The summed E-state index contributed by atoms with van der Waals surface area (Å²) in [6.45, 7) is 3.52. The van der Waals surface area contributed by atoms with E-state index in [0.717, 1.165) is 31.5 Å². The number of likely N-dealkylation sites (tertiary alicyclic amines) is 1. The van der Waals surface area contributed by atoms with Crippen LogP contribution in [0.25, 0.3) is 0 Å². The van der Waals surface area contributed by atoms with E-state index in [1.165, 1.54) is 12.1 Å². The van der Waals surface area contributed by atoms with Crippen molar-refractivity contribution in [3.05, 3.63) is 47.4 Å². The largest absolute Gasteiger partial charge is 0.388 e. The van der Waals surface area contributed by atoms with Gasteiger partial charge in [0.2, 0.25) is 11.8 Å². The molecule has 1 amide bonds. The van der Waals surface area contributed by atoms with Crippen LogP contribution in [0.4, 0.5) is 10.3 Å². The molecule has 2 N–H and O–H groups in total. The molecule has 1 aliphatic rings. The van der Waals surface area contributed by atoms with Crippen molar-refractivity contribution in [3.63, 3.8) is 0 Å². The molecule has 1 atom stereocenters. The van der Waals surface area contributed by atoms with Gasteiger partial charge in [-0.1, -0.05) is 17.3 Å². The smallest absolute Gasteiger partial charge is 0.240 e. The quantitative estimate of drug-likeness (QED) is 0.869. The van der Waals surface area contributed by atoms with Gasteiger partial charge in [-0.05, 0) is 56.5 Å². The maximum atomic E-state index is 13.0. The highest BCUT2D eigenvalue weighted by molar-refractivity contribution is 5.90. The summed E-state index contributed by atoms with van der Waals surface area (Å²) in [5.74, 6) is 0.0122. The van der Waals surface area contributed by atoms with Crippen molar-refractivity contribution in [2.75, 3.05) is 25.0 Å². The zero-order chi connectivity index (χ0) is 17.8. The van der Waals surface area contributed by atoms with Crippen LogP contribution < -0.4 is 5.32 Å². The third kappa shape index (κ3) is 4.64. The zero-order valence-corrected chi connectivity index (χ0v) is 14.1. The van der Waals surface area contributed by atoms with E-state index in [2.05, 4.69) is 10.5 Å². The zero-order valence-electron chi connectivity index (χ0n) is 14.1. The number of nitrogens with zero attached hydrogens (tertiary/aromatic N) is 2. The molecular weight excluding hydrogens is 325 g/mol. The minimum Gasteiger partial charge on any atom is -0.388 e. The number of hydrogen-bond donors (Lipinski definition) is 2. The summed E-state index contributed by atoms with van der Waals surface area (Å²) >= 11 is 0. The number of piperidine rings is 1. The van der Waals surface area contributed by atoms with E-state index in [9.17, 15) is 14.3 Å². The number of aliphatic hydroxyl groups excluding tert-OH is 1. The number of carbonyl (C=O) groups is 1. The number of nitrogens with one attached hydrogen (secondary N) is 1. The second kappa shape index (κ2) is 7.76. The molecule has 1 unspecified atom stereocenters. The van der Waals surface area contributed by atoms with Crippen LogP contribution >= 0.6 is 0 Å². The molecule has 0 radical (unpaired) electrons. The van der Waals surface area contributed by atoms with E-state index in [1.54, 1.807) is 25.1 Å². The Hall–Kier alpha value is -2.25. The first-order chi connectivity index (χ1) is 12.0. The monoisotopic (exact) mass is 347 g/mol. The summed E-state index contributed by atoms with van der Waals surface area (Å²) in [5.41, 5.74) is 1.45. The molecule has 1 aromatic heterocycles. The number of rotatable bonds is 5. The lowest BCUT2D eigenvalue weighted by molar-refractivity contribution is -0.117. The van der Waals surface area contributed by atoms with Crippen molar-refractivity contribution in [2.24, 2.45) is 5.92 Å². The van der Waals surface area contributed by atoms with Crippen LogP contribution in [0.3, 0.4) is 0 Å². The highest BCUT2D eigenvalue weighted by Crippen LogP contribution is 2.30. The molecule has 7 heteroatoms. The number of amides is 1. The lowest BCUT2D eigenvalue weighted by Crippen LogP contribution is -2.40. The maximum absolute atomic E-state index is 13.0. The predicted molar refractivity (Wildman–Crippen MR) is 90.4 cm³/mol. The average Bonchev–Trinajstić information content (AvgIpc) is 3.00. The third-order valence-corrected chi connectivity index (χ3v) is 4.55. The highest BCUT2D eigenvalue weighted by atomic mass is 19.1. The molecule has 0 aliphatic carbocycles. The van der Waals surface area contributed by atoms with Crippen LogP contribution in [0.1, 0.15) is 30.2 Å². The SMILES string of the molecule is Cc1cc(NC(=O)CN2CCC(C(O)c3ccc(F)cc3)CC2)on1. The second-order valence-corrected chi connectivity index (χ2v) is 6.49. The minimum atomic E-state index is -0.603. The van der Waals surface area contributed by atoms with Gasteiger partial charge in [0.05, 0.1) is 18.3 Å². The molecule has 1 aromatic carbocycles. The maximum Gasteiger partial charge on any atom is 0.240 e. The molecular formula is C18H22FN3O3. The summed E-state index contributed by atoms with van der Waals surface area (Å²) < 4.78 is 18.0. The summed E-state index contributed by atoms with van der Waals surface area (Å²) in [6, 6.07) is 7.65. The van der Waals surface area contributed by atoms with Crippen molar-refractivity contribution in [1.29, 1.82) is 0 Å². The van der Waals surface area contributed by atoms with E-state index < -0.39 is 6.10 Å². The lowest BCUT2D eigenvalue weighted by Gasteiger charge is -2.33. The Bertz CT molecular complexity index is 709. The van der Waals surface area contributed by atoms with E-state index >= 15 is 0 Å². The van der Waals surface area contributed by atoms with E-state index in [1.807, 2.05) is 4.90 Å². The second-order valence-electron chi connectivity index (χ2n) is 6.49. The standard InChI is InChI=1S/C18H22FN3O3/c1-12-10-17(25-21-12)20-16(23)11-22-8-6-14(7-9-22)18(24)13-2-4-15(19)5-3-13/h2-5,10,14,18,24H,6-9,11H2,1H3,(H,20,23). The van der Waals surface area contributed by atoms with Crippen molar-refractivity contribution in [2.45, 2.75) is 25.9 Å². The Labute approximate surface area is 145 Å². The summed E-state index contributed by atoms with van der Waals surface area (Å²) in [5, 5.41) is 16.9. The molecule has 1 saturated heterocycles. The first-order valence-corrected chi connectivity index (χ1v) is 8.40. The lowest BCUT2D eigenvalue weighted by atomic mass is 9.87. The molecule has 3 rings (SSSR count). The van der Waals surface area contributed by atoms with Gasteiger partial charge in [0, 0.05) is 6.07 Å². The van der Waals surface area contributed by atoms with Gasteiger partial charge in [0.25, 0.3) is 0 Å². The van der Waals surface area contributed by atoms with Gasteiger partial charge in [0.1, 0.15) is 5.82 Å². The van der Waals surface area contributed by atoms with E-state index in [0.29, 0.717) is 11.6 Å². The number of aromatic nitrogens is 1. The number of carbonyl (C=O) groups excluding carboxylic acids is 1. The Morgan fingerprint density at radius 2 is 2.08 bits per heavy atom. The Kier molecular flexibility index (Phi) is 5.45. The molecule has 1 aliphatic heterocycles. The topological polar surface area (TPSA) is 78.6 Å². The Morgan fingerprint density at radius 1 is 1.40 bits per heavy atom. The fourth-order valence-electron chi connectivity index (χ4n) is 3.16. The normalized spacial score (nSPS) is 17.4. The van der Waals surface area contributed by atoms with Crippen LogP contribution in [0.2, 0.25) is 0 Å². The first-order valence-electron chi connectivity index (χ1n) is 8.40. The van der Waals surface area contributed by atoms with Crippen molar-refractivity contribution >= 4 is 11.8 Å². The van der Waals surface area contributed by atoms with Crippen LogP contribution in [0.5, 0.6) is 0 Å². The molecule has 2 aromatic rings. The van der Waals surface area contributed by atoms with Crippen molar-refractivity contribution in [3.8, 4) is 0 Å². The van der Waals surface area contributed by atoms with Crippen LogP contribution in [-0.4, -0.2) is 40.7 Å². The summed E-state index contributed by atoms with van der Waals surface area (Å²) in [7, 11) is 0. The third-order valence-electron chi connectivity index (χ3n) is 4.55. The van der Waals surface area contributed by atoms with Gasteiger partial charge in [-0.25, -0.2) is 4.39 Å². The number of halogens is 1. The van der Waals surface area contributed by atoms with Gasteiger partial charge in [-0.2, -0.15) is 0 Å². The molecule has 2 heterocycles. The van der Waals surface area contributed by atoms with Crippen LogP contribution in [0.15, 0.2) is 34.9 Å². The molecule has 0 bridgehead atoms. The molecule has 0 spiro atoms. The van der Waals surface area contributed by atoms with Crippen molar-refractivity contribution in [1.82, 2.24) is 10.1 Å². The molecule has 6 nitrogen and oxygen atoms in total. The molecule has 25 heavy (non-hydrogen) atoms. The fourth-order valence-corrected chi connectivity index (χ4v) is 3.16. The molecule has 0 saturated carbocycles. The fraction of sp³-hybridized carbons (Fsp3) is 0.444. The number of hydrogen-bond acceptors (Lipinski definition) is 5. The first kappa shape index (κ1) is 17.6. The van der Waals surface area contributed by atoms with E-state index in [-0.39, 0.29) is 24.2 Å².